The van der Waals surface area contributed by atoms with Crippen molar-refractivity contribution in [3.8, 4) is 0 Å². The van der Waals surface area contributed by atoms with E-state index in [1.807, 2.05) is 30.3 Å². The average Bonchev–Trinajstić information content (AvgIpc) is 2.55. The highest BCUT2D eigenvalue weighted by atomic mass is 16.5. The van der Waals surface area contributed by atoms with Gasteiger partial charge in [0.15, 0.2) is 0 Å². The van der Waals surface area contributed by atoms with E-state index in [-0.39, 0.29) is 5.91 Å². The van der Waals surface area contributed by atoms with E-state index in [1.165, 1.54) is 7.11 Å². The Morgan fingerprint density at radius 1 is 1.05 bits per heavy atom. The summed E-state index contributed by atoms with van der Waals surface area (Å²) in [6.45, 7) is 1.79. The lowest BCUT2D eigenvalue weighted by Crippen LogP contribution is -2.14. The number of amides is 1. The highest BCUT2D eigenvalue weighted by Crippen LogP contribution is 2.20. The SMILES string of the molecule is COC(=O)c1cccc(NC(=O)CCc2ccccc2)c1C. The topological polar surface area (TPSA) is 55.4 Å². The number of nitrogens with one attached hydrogen (secondary N) is 1. The molecule has 0 aliphatic rings. The van der Waals surface area contributed by atoms with E-state index in [4.69, 9.17) is 4.74 Å². The van der Waals surface area contributed by atoms with Crippen molar-refractivity contribution in [2.24, 2.45) is 0 Å². The molecular formula is C18H19NO3. The van der Waals surface area contributed by atoms with Crippen LogP contribution in [0.3, 0.4) is 0 Å². The number of carbonyl (C=O) groups is 2. The molecule has 0 aliphatic heterocycles. The predicted molar refractivity (Wildman–Crippen MR) is 85.9 cm³/mol. The summed E-state index contributed by atoms with van der Waals surface area (Å²) in [6.07, 6.45) is 1.08. The first kappa shape index (κ1) is 15.8. The third-order valence-electron chi connectivity index (χ3n) is 3.50. The lowest BCUT2D eigenvalue weighted by atomic mass is 10.1. The van der Waals surface area contributed by atoms with Gasteiger partial charge < -0.3 is 10.1 Å². The maximum atomic E-state index is 12.1. The summed E-state index contributed by atoms with van der Waals surface area (Å²) < 4.78 is 4.73. The van der Waals surface area contributed by atoms with E-state index in [0.29, 0.717) is 29.7 Å². The van der Waals surface area contributed by atoms with Gasteiger partial charge in [-0.1, -0.05) is 36.4 Å². The van der Waals surface area contributed by atoms with Crippen molar-refractivity contribution in [3.05, 3.63) is 65.2 Å². The van der Waals surface area contributed by atoms with Gasteiger partial charge in [-0.15, -0.1) is 0 Å². The van der Waals surface area contributed by atoms with E-state index in [1.54, 1.807) is 25.1 Å². The monoisotopic (exact) mass is 297 g/mol. The molecule has 0 atom stereocenters. The molecule has 4 heteroatoms. The number of ether oxygens (including phenoxy) is 1. The van der Waals surface area contributed by atoms with E-state index >= 15 is 0 Å². The van der Waals surface area contributed by atoms with Crippen LogP contribution in [0.25, 0.3) is 0 Å². The van der Waals surface area contributed by atoms with Crippen molar-refractivity contribution in [1.82, 2.24) is 0 Å². The van der Waals surface area contributed by atoms with Crippen molar-refractivity contribution in [1.29, 1.82) is 0 Å². The van der Waals surface area contributed by atoms with Crippen LogP contribution in [-0.2, 0) is 16.0 Å². The second-order valence-corrected chi connectivity index (χ2v) is 5.00. The molecule has 22 heavy (non-hydrogen) atoms. The third kappa shape index (κ3) is 3.95. The maximum Gasteiger partial charge on any atom is 0.338 e. The van der Waals surface area contributed by atoms with E-state index < -0.39 is 5.97 Å². The van der Waals surface area contributed by atoms with Crippen LogP contribution in [0.1, 0.15) is 27.9 Å². The number of rotatable bonds is 5. The van der Waals surface area contributed by atoms with Gasteiger partial charge in [-0.2, -0.15) is 0 Å². The quantitative estimate of drug-likeness (QED) is 0.861. The van der Waals surface area contributed by atoms with Crippen LogP contribution < -0.4 is 5.32 Å². The molecule has 2 aromatic carbocycles. The van der Waals surface area contributed by atoms with Gasteiger partial charge in [0.2, 0.25) is 5.91 Å². The van der Waals surface area contributed by atoms with Crippen molar-refractivity contribution < 1.29 is 14.3 Å². The number of esters is 1. The molecule has 1 amide bonds. The molecule has 0 heterocycles. The van der Waals surface area contributed by atoms with Gasteiger partial charge in [0.05, 0.1) is 12.7 Å². The summed E-state index contributed by atoms with van der Waals surface area (Å²) >= 11 is 0. The fourth-order valence-corrected chi connectivity index (χ4v) is 2.22. The van der Waals surface area contributed by atoms with Crippen molar-refractivity contribution in [3.63, 3.8) is 0 Å². The summed E-state index contributed by atoms with van der Waals surface area (Å²) in [5, 5.41) is 2.85. The number of aryl methyl sites for hydroxylation is 1. The Balaban J connectivity index is 2.01. The third-order valence-corrected chi connectivity index (χ3v) is 3.50. The zero-order valence-corrected chi connectivity index (χ0v) is 12.8. The average molecular weight is 297 g/mol. The highest BCUT2D eigenvalue weighted by Gasteiger charge is 2.13. The molecule has 0 saturated heterocycles. The maximum absolute atomic E-state index is 12.1. The Morgan fingerprint density at radius 3 is 2.45 bits per heavy atom. The second-order valence-electron chi connectivity index (χ2n) is 5.00. The number of carbonyl (C=O) groups excluding carboxylic acids is 2. The van der Waals surface area contributed by atoms with E-state index in [9.17, 15) is 9.59 Å². The van der Waals surface area contributed by atoms with Gasteiger partial charge >= 0.3 is 5.97 Å². The summed E-state index contributed by atoms with van der Waals surface area (Å²) in [7, 11) is 1.34. The number of hydrogen-bond donors (Lipinski definition) is 1. The molecule has 0 saturated carbocycles. The molecule has 2 aromatic rings. The lowest BCUT2D eigenvalue weighted by Gasteiger charge is -2.11. The first-order chi connectivity index (χ1) is 10.6. The number of methoxy groups -OCH3 is 1. The Hall–Kier alpha value is -2.62. The molecule has 0 spiro atoms. The van der Waals surface area contributed by atoms with Crippen molar-refractivity contribution in [2.75, 3.05) is 12.4 Å². The van der Waals surface area contributed by atoms with Gasteiger partial charge in [0.1, 0.15) is 0 Å². The van der Waals surface area contributed by atoms with Crippen LogP contribution in [0.2, 0.25) is 0 Å². The molecule has 0 radical (unpaired) electrons. The standard InChI is InChI=1S/C18H19NO3/c1-13-15(18(21)22-2)9-6-10-16(13)19-17(20)12-11-14-7-4-3-5-8-14/h3-10H,11-12H2,1-2H3,(H,19,20). The molecule has 0 aliphatic carbocycles. The molecule has 0 aromatic heterocycles. The van der Waals surface area contributed by atoms with Crippen LogP contribution >= 0.6 is 0 Å². The molecule has 4 nitrogen and oxygen atoms in total. The summed E-state index contributed by atoms with van der Waals surface area (Å²) in [5.74, 6) is -0.480. The zero-order valence-electron chi connectivity index (χ0n) is 12.8. The van der Waals surface area contributed by atoms with Gasteiger partial charge in [-0.25, -0.2) is 4.79 Å². The first-order valence-electron chi connectivity index (χ1n) is 7.13. The minimum atomic E-state index is -0.405. The lowest BCUT2D eigenvalue weighted by molar-refractivity contribution is -0.116. The molecule has 2 rings (SSSR count). The molecule has 1 N–H and O–H groups in total. The Labute approximate surface area is 130 Å². The number of hydrogen-bond acceptors (Lipinski definition) is 3. The van der Waals surface area contributed by atoms with Gasteiger partial charge in [-0.05, 0) is 36.6 Å². The van der Waals surface area contributed by atoms with E-state index in [2.05, 4.69) is 5.32 Å². The molecule has 0 unspecified atom stereocenters. The molecule has 0 bridgehead atoms. The summed E-state index contributed by atoms with van der Waals surface area (Å²) in [4.78, 5) is 23.7. The number of anilines is 1. The molecular weight excluding hydrogens is 278 g/mol. The zero-order chi connectivity index (χ0) is 15.9. The largest absolute Gasteiger partial charge is 0.465 e. The minimum Gasteiger partial charge on any atom is -0.465 e. The smallest absolute Gasteiger partial charge is 0.338 e. The fraction of sp³-hybridized carbons (Fsp3) is 0.222. The second kappa shape index (κ2) is 7.41. The van der Waals surface area contributed by atoms with Gasteiger partial charge in [-0.3, -0.25) is 4.79 Å². The van der Waals surface area contributed by atoms with Crippen molar-refractivity contribution in [2.45, 2.75) is 19.8 Å². The summed E-state index contributed by atoms with van der Waals surface area (Å²) in [5.41, 5.74) is 2.93. The number of benzene rings is 2. The van der Waals surface area contributed by atoms with Crippen LogP contribution in [0.5, 0.6) is 0 Å². The Morgan fingerprint density at radius 2 is 1.77 bits per heavy atom. The normalized spacial score (nSPS) is 10.1. The minimum absolute atomic E-state index is 0.0750. The van der Waals surface area contributed by atoms with Crippen LogP contribution in [0, 0.1) is 6.92 Å². The Kier molecular flexibility index (Phi) is 5.31. The predicted octanol–water partition coefficient (Wildman–Crippen LogP) is 3.35. The van der Waals surface area contributed by atoms with Crippen LogP contribution in [-0.4, -0.2) is 19.0 Å². The van der Waals surface area contributed by atoms with Gasteiger partial charge in [0.25, 0.3) is 0 Å². The Bertz CT molecular complexity index is 665. The van der Waals surface area contributed by atoms with E-state index in [0.717, 1.165) is 5.56 Å². The first-order valence-corrected chi connectivity index (χ1v) is 7.13. The van der Waals surface area contributed by atoms with Crippen molar-refractivity contribution >= 4 is 17.6 Å². The highest BCUT2D eigenvalue weighted by molar-refractivity contribution is 5.96. The van der Waals surface area contributed by atoms with Crippen LogP contribution in [0.15, 0.2) is 48.5 Å². The van der Waals surface area contributed by atoms with Gasteiger partial charge in [0, 0.05) is 12.1 Å². The molecule has 114 valence electrons. The summed E-state index contributed by atoms with van der Waals surface area (Å²) in [6, 6.07) is 15.0. The molecule has 0 fully saturated rings. The fourth-order valence-electron chi connectivity index (χ4n) is 2.22. The van der Waals surface area contributed by atoms with Crippen LogP contribution in [0.4, 0.5) is 5.69 Å².